The lowest BCUT2D eigenvalue weighted by Crippen LogP contribution is -2.38. The molecular formula is C14H20FN3O2S. The Morgan fingerprint density at radius 2 is 2.10 bits per heavy atom. The first-order chi connectivity index (χ1) is 9.86. The molecular weight excluding hydrogens is 293 g/mol. The van der Waals surface area contributed by atoms with Gasteiger partial charge in [0, 0.05) is 17.9 Å². The maximum absolute atomic E-state index is 13.7. The van der Waals surface area contributed by atoms with Gasteiger partial charge in [-0.2, -0.15) is 0 Å². The average molecular weight is 313 g/mol. The van der Waals surface area contributed by atoms with E-state index in [4.69, 9.17) is 5.73 Å². The molecule has 0 amide bonds. The lowest BCUT2D eigenvalue weighted by Gasteiger charge is -2.12. The van der Waals surface area contributed by atoms with Gasteiger partial charge in [-0.3, -0.25) is 0 Å². The molecule has 1 aromatic rings. The first kappa shape index (κ1) is 15.8. The van der Waals surface area contributed by atoms with Gasteiger partial charge in [-0.25, -0.2) is 17.8 Å². The SMILES string of the molecule is CS(=O)(=O)c1ccc(F)c(CN=C(N)NC2CCCC2)c1. The maximum Gasteiger partial charge on any atom is 0.189 e. The van der Waals surface area contributed by atoms with E-state index in [-0.39, 0.29) is 23.0 Å². The number of hydrogen-bond donors (Lipinski definition) is 2. The summed E-state index contributed by atoms with van der Waals surface area (Å²) in [5, 5.41) is 3.10. The Labute approximate surface area is 124 Å². The van der Waals surface area contributed by atoms with Crippen LogP contribution in [0.2, 0.25) is 0 Å². The largest absolute Gasteiger partial charge is 0.370 e. The molecule has 0 saturated heterocycles. The maximum atomic E-state index is 13.7. The minimum absolute atomic E-state index is 0.0146. The highest BCUT2D eigenvalue weighted by atomic mass is 32.2. The fraction of sp³-hybridized carbons (Fsp3) is 0.500. The van der Waals surface area contributed by atoms with E-state index in [0.29, 0.717) is 6.04 Å². The van der Waals surface area contributed by atoms with E-state index in [0.717, 1.165) is 25.2 Å². The molecule has 1 aliphatic rings. The molecule has 0 atom stereocenters. The summed E-state index contributed by atoms with van der Waals surface area (Å²) in [4.78, 5) is 4.17. The summed E-state index contributed by atoms with van der Waals surface area (Å²) < 4.78 is 36.6. The number of rotatable bonds is 4. The van der Waals surface area contributed by atoms with E-state index >= 15 is 0 Å². The van der Waals surface area contributed by atoms with E-state index in [1.807, 2.05) is 0 Å². The van der Waals surface area contributed by atoms with E-state index in [9.17, 15) is 12.8 Å². The second-order valence-electron chi connectivity index (χ2n) is 5.35. The van der Waals surface area contributed by atoms with Crippen LogP contribution < -0.4 is 11.1 Å². The zero-order valence-corrected chi connectivity index (χ0v) is 12.8. The number of nitrogens with zero attached hydrogens (tertiary/aromatic N) is 1. The van der Waals surface area contributed by atoms with Gasteiger partial charge in [0.2, 0.25) is 0 Å². The topological polar surface area (TPSA) is 84.5 Å². The van der Waals surface area contributed by atoms with Crippen molar-refractivity contribution in [3.05, 3.63) is 29.6 Å². The van der Waals surface area contributed by atoms with Crippen molar-refractivity contribution in [1.82, 2.24) is 5.32 Å². The molecule has 5 nitrogen and oxygen atoms in total. The molecule has 2 rings (SSSR count). The fourth-order valence-corrected chi connectivity index (χ4v) is 3.07. The second kappa shape index (κ2) is 6.43. The molecule has 3 N–H and O–H groups in total. The van der Waals surface area contributed by atoms with Crippen molar-refractivity contribution >= 4 is 15.8 Å². The minimum Gasteiger partial charge on any atom is -0.370 e. The highest BCUT2D eigenvalue weighted by Crippen LogP contribution is 2.18. The first-order valence-electron chi connectivity index (χ1n) is 6.91. The van der Waals surface area contributed by atoms with Crippen LogP contribution in [0.15, 0.2) is 28.1 Å². The summed E-state index contributed by atoms with van der Waals surface area (Å²) in [5.41, 5.74) is 5.99. The molecule has 116 valence electrons. The third-order valence-corrected chi connectivity index (χ3v) is 4.68. The number of nitrogens with one attached hydrogen (secondary N) is 1. The van der Waals surface area contributed by atoms with E-state index in [1.165, 1.54) is 25.0 Å². The molecule has 0 unspecified atom stereocenters. The lowest BCUT2D eigenvalue weighted by atomic mass is 10.2. The van der Waals surface area contributed by atoms with Crippen LogP contribution in [0.3, 0.4) is 0 Å². The summed E-state index contributed by atoms with van der Waals surface area (Å²) in [6.45, 7) is 0.0146. The Kier molecular flexibility index (Phi) is 4.82. The van der Waals surface area contributed by atoms with E-state index in [1.54, 1.807) is 0 Å². The number of aliphatic imine (C=N–C) groups is 1. The van der Waals surface area contributed by atoms with Crippen molar-refractivity contribution < 1.29 is 12.8 Å². The molecule has 1 fully saturated rings. The van der Waals surface area contributed by atoms with Gasteiger partial charge in [-0.05, 0) is 31.0 Å². The second-order valence-corrected chi connectivity index (χ2v) is 7.37. The molecule has 1 aliphatic carbocycles. The molecule has 0 radical (unpaired) electrons. The van der Waals surface area contributed by atoms with Crippen LogP contribution in [-0.2, 0) is 16.4 Å². The Morgan fingerprint density at radius 3 is 2.71 bits per heavy atom. The van der Waals surface area contributed by atoms with Gasteiger partial charge in [0.15, 0.2) is 15.8 Å². The monoisotopic (exact) mass is 313 g/mol. The number of hydrogen-bond acceptors (Lipinski definition) is 3. The predicted molar refractivity (Wildman–Crippen MR) is 80.2 cm³/mol. The molecule has 0 spiro atoms. The molecule has 0 aliphatic heterocycles. The Balaban J connectivity index is 2.08. The van der Waals surface area contributed by atoms with Crippen molar-refractivity contribution in [2.45, 2.75) is 43.2 Å². The number of sulfone groups is 1. The zero-order chi connectivity index (χ0) is 15.5. The molecule has 21 heavy (non-hydrogen) atoms. The predicted octanol–water partition coefficient (Wildman–Crippen LogP) is 1.58. The van der Waals surface area contributed by atoms with Crippen molar-refractivity contribution in [1.29, 1.82) is 0 Å². The first-order valence-corrected chi connectivity index (χ1v) is 8.80. The number of halogens is 1. The van der Waals surface area contributed by atoms with Gasteiger partial charge in [-0.1, -0.05) is 12.8 Å². The van der Waals surface area contributed by atoms with E-state index in [2.05, 4.69) is 10.3 Å². The zero-order valence-electron chi connectivity index (χ0n) is 12.0. The minimum atomic E-state index is -3.36. The van der Waals surface area contributed by atoms with Crippen LogP contribution in [0.4, 0.5) is 4.39 Å². The normalized spacial score (nSPS) is 17.1. The van der Waals surface area contributed by atoms with Crippen LogP contribution in [0.25, 0.3) is 0 Å². The Hall–Kier alpha value is -1.63. The number of guanidine groups is 1. The molecule has 1 aromatic carbocycles. The van der Waals surface area contributed by atoms with E-state index < -0.39 is 15.7 Å². The van der Waals surface area contributed by atoms with Crippen molar-refractivity contribution in [2.24, 2.45) is 10.7 Å². The van der Waals surface area contributed by atoms with Crippen molar-refractivity contribution in [2.75, 3.05) is 6.26 Å². The Bertz CT molecular complexity index is 638. The van der Waals surface area contributed by atoms with Gasteiger partial charge < -0.3 is 11.1 Å². The summed E-state index contributed by atoms with van der Waals surface area (Å²) in [6, 6.07) is 4.03. The van der Waals surface area contributed by atoms with Gasteiger partial charge in [0.25, 0.3) is 0 Å². The smallest absolute Gasteiger partial charge is 0.189 e. The summed E-state index contributed by atoms with van der Waals surface area (Å²) in [7, 11) is -3.36. The quantitative estimate of drug-likeness (QED) is 0.502. The van der Waals surface area contributed by atoms with Crippen LogP contribution in [0.1, 0.15) is 31.2 Å². The van der Waals surface area contributed by atoms with Crippen LogP contribution in [-0.4, -0.2) is 26.7 Å². The molecule has 1 saturated carbocycles. The molecule has 0 bridgehead atoms. The lowest BCUT2D eigenvalue weighted by molar-refractivity contribution is 0.596. The molecule has 0 aromatic heterocycles. The third-order valence-electron chi connectivity index (χ3n) is 3.57. The third kappa shape index (κ3) is 4.42. The van der Waals surface area contributed by atoms with Gasteiger partial charge >= 0.3 is 0 Å². The average Bonchev–Trinajstić information content (AvgIpc) is 2.89. The summed E-state index contributed by atoms with van der Waals surface area (Å²) >= 11 is 0. The molecule has 0 heterocycles. The van der Waals surface area contributed by atoms with Crippen LogP contribution in [0, 0.1) is 5.82 Å². The summed E-state index contributed by atoms with van der Waals surface area (Å²) in [6.07, 6.45) is 5.57. The number of benzene rings is 1. The highest BCUT2D eigenvalue weighted by Gasteiger charge is 2.15. The highest BCUT2D eigenvalue weighted by molar-refractivity contribution is 7.90. The van der Waals surface area contributed by atoms with Gasteiger partial charge in [-0.15, -0.1) is 0 Å². The molecule has 7 heteroatoms. The standard InChI is InChI=1S/C14H20FN3O2S/c1-21(19,20)12-6-7-13(15)10(8-12)9-17-14(16)18-11-4-2-3-5-11/h6-8,11H,2-5,9H2,1H3,(H3,16,17,18). The van der Waals surface area contributed by atoms with Crippen LogP contribution in [0.5, 0.6) is 0 Å². The van der Waals surface area contributed by atoms with Crippen molar-refractivity contribution in [3.8, 4) is 0 Å². The number of nitrogens with two attached hydrogens (primary N) is 1. The van der Waals surface area contributed by atoms with Gasteiger partial charge in [0.05, 0.1) is 11.4 Å². The van der Waals surface area contributed by atoms with Crippen LogP contribution >= 0.6 is 0 Å². The fourth-order valence-electron chi connectivity index (χ4n) is 2.40. The summed E-state index contributed by atoms with van der Waals surface area (Å²) in [5.74, 6) is -0.217. The van der Waals surface area contributed by atoms with Crippen molar-refractivity contribution in [3.63, 3.8) is 0 Å². The Morgan fingerprint density at radius 1 is 1.43 bits per heavy atom. The van der Waals surface area contributed by atoms with Gasteiger partial charge in [0.1, 0.15) is 5.82 Å².